The maximum Gasteiger partial charge on any atom is 0.201 e. The van der Waals surface area contributed by atoms with Crippen LogP contribution in [0.2, 0.25) is 0 Å². The highest BCUT2D eigenvalue weighted by Crippen LogP contribution is 2.41. The summed E-state index contributed by atoms with van der Waals surface area (Å²) in [6.45, 7) is 1.27. The number of hydrogen-bond donors (Lipinski definition) is 3. The number of phenolic OH excluding ortho intramolecular Hbond substituents is 3. The zero-order valence-corrected chi connectivity index (χ0v) is 12.1. The van der Waals surface area contributed by atoms with Crippen LogP contribution in [0.4, 0.5) is 0 Å². The molecule has 116 valence electrons. The minimum atomic E-state index is -0.727. The molecule has 0 aromatic heterocycles. The van der Waals surface area contributed by atoms with Crippen molar-refractivity contribution in [2.75, 3.05) is 0 Å². The van der Waals surface area contributed by atoms with Crippen LogP contribution in [0.15, 0.2) is 24.3 Å². The number of rotatable bonds is 2. The van der Waals surface area contributed by atoms with E-state index in [4.69, 9.17) is 0 Å². The fraction of sp³-hybridized carbons (Fsp3) is 0.118. The van der Waals surface area contributed by atoms with Crippen molar-refractivity contribution in [3.63, 3.8) is 0 Å². The van der Waals surface area contributed by atoms with Gasteiger partial charge in [-0.05, 0) is 19.1 Å². The van der Waals surface area contributed by atoms with Crippen LogP contribution >= 0.6 is 0 Å². The van der Waals surface area contributed by atoms with E-state index in [0.29, 0.717) is 0 Å². The van der Waals surface area contributed by atoms with Gasteiger partial charge >= 0.3 is 0 Å². The maximum atomic E-state index is 12.6. The molecule has 0 aliphatic heterocycles. The molecule has 0 saturated heterocycles. The number of Topliss-reactive ketones (excluding diaryl/α,β-unsaturated/α-hetero) is 1. The van der Waals surface area contributed by atoms with Crippen molar-refractivity contribution in [1.29, 1.82) is 0 Å². The standard InChI is InChI=1S/C17H12O6/c1-7(18)5-9-12(20)6-10-14(16(9)22)17(23)13-8(15(10)21)3-2-4-11(13)19/h2-4,6,19-20,22H,5H2,1H3. The average Bonchev–Trinajstić information content (AvgIpc) is 2.48. The van der Waals surface area contributed by atoms with Gasteiger partial charge in [0.2, 0.25) is 5.78 Å². The maximum absolute atomic E-state index is 12.6. The van der Waals surface area contributed by atoms with Gasteiger partial charge in [0.15, 0.2) is 5.78 Å². The molecule has 2 aromatic carbocycles. The lowest BCUT2D eigenvalue weighted by atomic mass is 9.81. The number of carbonyl (C=O) groups is 3. The Morgan fingerprint density at radius 2 is 1.65 bits per heavy atom. The monoisotopic (exact) mass is 312 g/mol. The van der Waals surface area contributed by atoms with Crippen LogP contribution in [-0.2, 0) is 11.2 Å². The first-order valence-electron chi connectivity index (χ1n) is 6.81. The molecule has 3 N–H and O–H groups in total. The fourth-order valence-electron chi connectivity index (χ4n) is 2.77. The molecular formula is C17H12O6. The van der Waals surface area contributed by atoms with Crippen LogP contribution < -0.4 is 0 Å². The summed E-state index contributed by atoms with van der Waals surface area (Å²) < 4.78 is 0. The summed E-state index contributed by atoms with van der Waals surface area (Å²) in [5.41, 5.74) is -0.773. The third-order valence-corrected chi connectivity index (χ3v) is 3.79. The third-order valence-electron chi connectivity index (χ3n) is 3.79. The number of benzene rings is 2. The molecule has 0 bridgehead atoms. The van der Waals surface area contributed by atoms with Crippen LogP contribution in [0.3, 0.4) is 0 Å². The molecule has 0 saturated carbocycles. The Morgan fingerprint density at radius 1 is 0.957 bits per heavy atom. The summed E-state index contributed by atoms with van der Waals surface area (Å²) in [5.74, 6) is -3.05. The summed E-state index contributed by atoms with van der Waals surface area (Å²) >= 11 is 0. The molecule has 6 heteroatoms. The van der Waals surface area contributed by atoms with Gasteiger partial charge in [0.05, 0.1) is 11.1 Å². The number of ketones is 3. The molecule has 1 aliphatic rings. The summed E-state index contributed by atoms with van der Waals surface area (Å²) in [4.78, 5) is 36.4. The van der Waals surface area contributed by atoms with Gasteiger partial charge in [0, 0.05) is 23.1 Å². The summed E-state index contributed by atoms with van der Waals surface area (Å²) in [6, 6.07) is 5.15. The zero-order chi connectivity index (χ0) is 16.9. The summed E-state index contributed by atoms with van der Waals surface area (Å²) in [7, 11) is 0. The number of fused-ring (bicyclic) bond motifs is 2. The largest absolute Gasteiger partial charge is 0.507 e. The molecule has 0 spiro atoms. The first kappa shape index (κ1) is 14.8. The average molecular weight is 312 g/mol. The predicted octanol–water partition coefficient (Wildman–Crippen LogP) is 1.71. The molecule has 0 amide bonds. The minimum absolute atomic E-state index is 0.000572. The van der Waals surface area contributed by atoms with E-state index in [1.165, 1.54) is 25.1 Å². The van der Waals surface area contributed by atoms with Crippen LogP contribution in [0.25, 0.3) is 0 Å². The van der Waals surface area contributed by atoms with E-state index in [2.05, 4.69) is 0 Å². The van der Waals surface area contributed by atoms with Gasteiger partial charge in [-0.25, -0.2) is 0 Å². The van der Waals surface area contributed by atoms with Crippen molar-refractivity contribution in [3.8, 4) is 17.2 Å². The van der Waals surface area contributed by atoms with Gasteiger partial charge in [0.25, 0.3) is 0 Å². The molecule has 2 aromatic rings. The Bertz CT molecular complexity index is 894. The topological polar surface area (TPSA) is 112 Å². The van der Waals surface area contributed by atoms with Crippen molar-refractivity contribution in [3.05, 3.63) is 52.1 Å². The van der Waals surface area contributed by atoms with Gasteiger partial charge < -0.3 is 15.3 Å². The number of aromatic hydroxyl groups is 3. The first-order chi connectivity index (χ1) is 10.8. The number of phenols is 3. The Morgan fingerprint density at radius 3 is 2.30 bits per heavy atom. The second-order valence-corrected chi connectivity index (χ2v) is 5.38. The minimum Gasteiger partial charge on any atom is -0.507 e. The van der Waals surface area contributed by atoms with Crippen LogP contribution in [0.1, 0.15) is 44.3 Å². The molecule has 3 rings (SSSR count). The van der Waals surface area contributed by atoms with E-state index in [0.717, 1.165) is 6.07 Å². The van der Waals surface area contributed by atoms with Crippen LogP contribution in [0, 0.1) is 0 Å². The Hall–Kier alpha value is -3.15. The lowest BCUT2D eigenvalue weighted by molar-refractivity contribution is -0.116. The van der Waals surface area contributed by atoms with Crippen molar-refractivity contribution in [2.45, 2.75) is 13.3 Å². The van der Waals surface area contributed by atoms with E-state index in [-0.39, 0.29) is 45.8 Å². The SMILES string of the molecule is CC(=O)Cc1c(O)cc2c(c1O)C(=O)c1c(O)cccc1C2=O. The van der Waals surface area contributed by atoms with Crippen molar-refractivity contribution in [1.82, 2.24) is 0 Å². The number of carbonyl (C=O) groups excluding carboxylic acids is 3. The molecule has 0 radical (unpaired) electrons. The fourth-order valence-corrected chi connectivity index (χ4v) is 2.77. The Labute approximate surface area is 130 Å². The highest BCUT2D eigenvalue weighted by molar-refractivity contribution is 6.30. The molecule has 0 unspecified atom stereocenters. The first-order valence-corrected chi connectivity index (χ1v) is 6.81. The van der Waals surface area contributed by atoms with E-state index >= 15 is 0 Å². The highest BCUT2D eigenvalue weighted by Gasteiger charge is 2.36. The molecule has 0 heterocycles. The molecular weight excluding hydrogens is 300 g/mol. The predicted molar refractivity (Wildman–Crippen MR) is 79.1 cm³/mol. The van der Waals surface area contributed by atoms with E-state index in [1.54, 1.807) is 0 Å². The van der Waals surface area contributed by atoms with E-state index in [9.17, 15) is 29.7 Å². The zero-order valence-electron chi connectivity index (χ0n) is 12.1. The van der Waals surface area contributed by atoms with Crippen LogP contribution in [0.5, 0.6) is 17.2 Å². The molecule has 23 heavy (non-hydrogen) atoms. The quantitative estimate of drug-likeness (QED) is 0.664. The third kappa shape index (κ3) is 2.07. The van der Waals surface area contributed by atoms with Gasteiger partial charge in [-0.15, -0.1) is 0 Å². The molecule has 1 aliphatic carbocycles. The summed E-state index contributed by atoms with van der Waals surface area (Å²) in [6.07, 6.45) is -0.278. The van der Waals surface area contributed by atoms with Crippen molar-refractivity contribution in [2.24, 2.45) is 0 Å². The van der Waals surface area contributed by atoms with Gasteiger partial charge in [-0.3, -0.25) is 14.4 Å². The highest BCUT2D eigenvalue weighted by atomic mass is 16.3. The normalized spacial score (nSPS) is 12.7. The molecule has 0 atom stereocenters. The van der Waals surface area contributed by atoms with E-state index < -0.39 is 23.1 Å². The van der Waals surface area contributed by atoms with E-state index in [1.807, 2.05) is 0 Å². The summed E-state index contributed by atoms with van der Waals surface area (Å²) in [5, 5.41) is 30.2. The van der Waals surface area contributed by atoms with Crippen LogP contribution in [-0.4, -0.2) is 32.7 Å². The second-order valence-electron chi connectivity index (χ2n) is 5.38. The smallest absolute Gasteiger partial charge is 0.201 e. The lowest BCUT2D eigenvalue weighted by Gasteiger charge is -2.21. The Balaban J connectivity index is 2.32. The molecule has 6 nitrogen and oxygen atoms in total. The second kappa shape index (κ2) is 4.95. The van der Waals surface area contributed by atoms with Crippen molar-refractivity contribution < 1.29 is 29.7 Å². The van der Waals surface area contributed by atoms with Gasteiger partial charge in [-0.1, -0.05) is 12.1 Å². The Kier molecular flexibility index (Phi) is 3.18. The molecule has 0 fully saturated rings. The lowest BCUT2D eigenvalue weighted by Crippen LogP contribution is -2.22. The number of hydrogen-bond acceptors (Lipinski definition) is 6. The van der Waals surface area contributed by atoms with Crippen molar-refractivity contribution >= 4 is 17.3 Å². The van der Waals surface area contributed by atoms with Gasteiger partial charge in [-0.2, -0.15) is 0 Å². The van der Waals surface area contributed by atoms with Gasteiger partial charge in [0.1, 0.15) is 23.0 Å².